The van der Waals surface area contributed by atoms with Gasteiger partial charge in [0.2, 0.25) is 0 Å². The molecule has 126 valence electrons. The van der Waals surface area contributed by atoms with Crippen molar-refractivity contribution in [3.63, 3.8) is 0 Å². The number of halogens is 3. The van der Waals surface area contributed by atoms with E-state index in [1.54, 1.807) is 0 Å². The van der Waals surface area contributed by atoms with Crippen LogP contribution in [-0.2, 0) is 0 Å². The summed E-state index contributed by atoms with van der Waals surface area (Å²) < 4.78 is 39.6. The second-order valence-corrected chi connectivity index (χ2v) is 5.52. The predicted octanol–water partition coefficient (Wildman–Crippen LogP) is 2.08. The minimum atomic E-state index is -4.73. The Labute approximate surface area is 134 Å². The largest absolute Gasteiger partial charge is 0.412 e. The third-order valence-electron chi connectivity index (χ3n) is 3.65. The lowest BCUT2D eigenvalue weighted by Crippen LogP contribution is -2.40. The molecule has 0 spiro atoms. The number of hydrogen-bond donors (Lipinski definition) is 2. The first kappa shape index (κ1) is 16.2. The first-order valence-electron chi connectivity index (χ1n) is 7.23. The Morgan fingerprint density at radius 1 is 1.33 bits per heavy atom. The zero-order chi connectivity index (χ0) is 17.3. The average molecular weight is 338 g/mol. The molecule has 3 rings (SSSR count). The lowest BCUT2D eigenvalue weighted by Gasteiger charge is -2.21. The Kier molecular flexibility index (Phi) is 4.08. The van der Waals surface area contributed by atoms with Gasteiger partial charge in [0.25, 0.3) is 11.5 Å². The van der Waals surface area contributed by atoms with Crippen LogP contribution in [0.5, 0.6) is 0 Å². The summed E-state index contributed by atoms with van der Waals surface area (Å²) in [6, 6.07) is 0.268. The van der Waals surface area contributed by atoms with Crippen molar-refractivity contribution < 1.29 is 18.0 Å². The SMILES string of the molecule is O=C(N[C@H](c1cccnc1)C(F)(F)F)c1cnc(C2CC2)[nH]c1=O. The van der Waals surface area contributed by atoms with Crippen LogP contribution in [0.1, 0.15) is 46.5 Å². The van der Waals surface area contributed by atoms with E-state index in [0.717, 1.165) is 25.2 Å². The number of nitrogens with one attached hydrogen (secondary N) is 2. The second-order valence-electron chi connectivity index (χ2n) is 5.52. The molecule has 0 saturated heterocycles. The number of hydrogen-bond acceptors (Lipinski definition) is 4. The lowest BCUT2D eigenvalue weighted by atomic mass is 10.1. The van der Waals surface area contributed by atoms with E-state index in [4.69, 9.17) is 0 Å². The van der Waals surface area contributed by atoms with Crippen LogP contribution >= 0.6 is 0 Å². The quantitative estimate of drug-likeness (QED) is 0.893. The van der Waals surface area contributed by atoms with Crippen molar-refractivity contribution in [2.24, 2.45) is 0 Å². The van der Waals surface area contributed by atoms with Crippen LogP contribution in [0, 0.1) is 0 Å². The maximum atomic E-state index is 13.2. The van der Waals surface area contributed by atoms with E-state index in [-0.39, 0.29) is 11.5 Å². The molecule has 0 aromatic carbocycles. The van der Waals surface area contributed by atoms with Crippen LogP contribution in [0.15, 0.2) is 35.5 Å². The number of amides is 1. The fourth-order valence-corrected chi connectivity index (χ4v) is 2.24. The highest BCUT2D eigenvalue weighted by Gasteiger charge is 2.42. The average Bonchev–Trinajstić information content (AvgIpc) is 3.37. The number of rotatable bonds is 4. The van der Waals surface area contributed by atoms with E-state index >= 15 is 0 Å². The molecular weight excluding hydrogens is 325 g/mol. The fourth-order valence-electron chi connectivity index (χ4n) is 2.24. The highest BCUT2D eigenvalue weighted by molar-refractivity contribution is 5.93. The molecule has 1 fully saturated rings. The van der Waals surface area contributed by atoms with Crippen LogP contribution in [0.25, 0.3) is 0 Å². The molecule has 2 aromatic heterocycles. The molecule has 9 heteroatoms. The number of aromatic nitrogens is 3. The fraction of sp³-hybridized carbons (Fsp3) is 0.333. The number of nitrogens with zero attached hydrogens (tertiary/aromatic N) is 2. The summed E-state index contributed by atoms with van der Waals surface area (Å²) in [4.78, 5) is 34.1. The first-order chi connectivity index (χ1) is 11.4. The van der Waals surface area contributed by atoms with Gasteiger partial charge in [-0.25, -0.2) is 4.98 Å². The molecule has 0 radical (unpaired) electrons. The Balaban J connectivity index is 1.85. The minimum Gasteiger partial charge on any atom is -0.336 e. The van der Waals surface area contributed by atoms with Crippen LogP contribution in [0.3, 0.4) is 0 Å². The van der Waals surface area contributed by atoms with Crippen LogP contribution < -0.4 is 10.9 Å². The number of alkyl halides is 3. The first-order valence-corrected chi connectivity index (χ1v) is 7.23. The van der Waals surface area contributed by atoms with E-state index in [1.807, 2.05) is 5.32 Å². The van der Waals surface area contributed by atoms with Crippen molar-refractivity contribution in [1.29, 1.82) is 0 Å². The Morgan fingerprint density at radius 2 is 2.08 bits per heavy atom. The summed E-state index contributed by atoms with van der Waals surface area (Å²) >= 11 is 0. The van der Waals surface area contributed by atoms with Crippen molar-refractivity contribution >= 4 is 5.91 Å². The number of aromatic amines is 1. The molecule has 1 atom stereocenters. The Morgan fingerprint density at radius 3 is 2.62 bits per heavy atom. The van der Waals surface area contributed by atoms with E-state index in [9.17, 15) is 22.8 Å². The van der Waals surface area contributed by atoms with Gasteiger partial charge in [-0.1, -0.05) is 6.07 Å². The lowest BCUT2D eigenvalue weighted by molar-refractivity contribution is -0.155. The summed E-state index contributed by atoms with van der Waals surface area (Å²) in [7, 11) is 0. The van der Waals surface area contributed by atoms with Crippen molar-refractivity contribution in [3.05, 3.63) is 58.0 Å². The summed E-state index contributed by atoms with van der Waals surface area (Å²) in [5, 5.41) is 1.83. The predicted molar refractivity (Wildman–Crippen MR) is 77.3 cm³/mol. The van der Waals surface area contributed by atoms with Gasteiger partial charge < -0.3 is 10.3 Å². The van der Waals surface area contributed by atoms with Gasteiger partial charge in [0, 0.05) is 30.1 Å². The topological polar surface area (TPSA) is 87.7 Å². The number of H-pyrrole nitrogens is 1. The van der Waals surface area contributed by atoms with Crippen LogP contribution in [0.4, 0.5) is 13.2 Å². The summed E-state index contributed by atoms with van der Waals surface area (Å²) in [5.74, 6) is -0.526. The standard InChI is InChI=1S/C15H13F3N4O2/c16-15(17,18)11(9-2-1-5-19-6-9)21-13(23)10-7-20-12(8-3-4-8)22-14(10)24/h1-2,5-8,11H,3-4H2,(H,21,23)(H,20,22,24)/t11-/m1/s1. The van der Waals surface area contributed by atoms with Gasteiger partial charge in [-0.15, -0.1) is 0 Å². The maximum absolute atomic E-state index is 13.2. The minimum absolute atomic E-state index is 0.160. The number of pyridine rings is 1. The molecule has 2 aromatic rings. The van der Waals surface area contributed by atoms with Gasteiger partial charge in [-0.3, -0.25) is 14.6 Å². The molecule has 0 unspecified atom stereocenters. The van der Waals surface area contributed by atoms with E-state index < -0.39 is 29.2 Å². The highest BCUT2D eigenvalue weighted by atomic mass is 19.4. The monoisotopic (exact) mass is 338 g/mol. The Hall–Kier alpha value is -2.71. The maximum Gasteiger partial charge on any atom is 0.412 e. The summed E-state index contributed by atoms with van der Waals surface area (Å²) in [6.45, 7) is 0. The van der Waals surface area contributed by atoms with Crippen LogP contribution in [0.2, 0.25) is 0 Å². The second kappa shape index (κ2) is 6.06. The summed E-state index contributed by atoms with van der Waals surface area (Å²) in [6.07, 6.45) is 0.406. The van der Waals surface area contributed by atoms with E-state index in [2.05, 4.69) is 15.0 Å². The molecule has 2 heterocycles. The van der Waals surface area contributed by atoms with Gasteiger partial charge in [-0.2, -0.15) is 13.2 Å². The van der Waals surface area contributed by atoms with Gasteiger partial charge >= 0.3 is 6.18 Å². The summed E-state index contributed by atoms with van der Waals surface area (Å²) in [5.41, 5.74) is -1.44. The van der Waals surface area contributed by atoms with Gasteiger partial charge in [0.05, 0.1) is 0 Å². The van der Waals surface area contributed by atoms with Crippen molar-refractivity contribution in [2.75, 3.05) is 0 Å². The third kappa shape index (κ3) is 3.44. The van der Waals surface area contributed by atoms with Gasteiger partial charge in [-0.05, 0) is 18.9 Å². The number of carbonyl (C=O) groups excluding carboxylic acids is 1. The molecule has 1 saturated carbocycles. The normalized spacial score (nSPS) is 15.8. The molecule has 0 aliphatic heterocycles. The molecule has 24 heavy (non-hydrogen) atoms. The Bertz CT molecular complexity index is 800. The molecule has 2 N–H and O–H groups in total. The molecule has 1 aliphatic rings. The van der Waals surface area contributed by atoms with Crippen molar-refractivity contribution in [2.45, 2.75) is 31.0 Å². The van der Waals surface area contributed by atoms with E-state index in [1.165, 1.54) is 18.3 Å². The van der Waals surface area contributed by atoms with Gasteiger partial charge in [0.1, 0.15) is 11.4 Å². The zero-order valence-corrected chi connectivity index (χ0v) is 12.3. The van der Waals surface area contributed by atoms with E-state index in [0.29, 0.717) is 5.82 Å². The zero-order valence-electron chi connectivity index (χ0n) is 12.3. The smallest absolute Gasteiger partial charge is 0.336 e. The molecule has 0 bridgehead atoms. The molecule has 6 nitrogen and oxygen atoms in total. The third-order valence-corrected chi connectivity index (χ3v) is 3.65. The number of carbonyl (C=O) groups is 1. The van der Waals surface area contributed by atoms with Crippen molar-refractivity contribution in [3.8, 4) is 0 Å². The molecule has 1 aliphatic carbocycles. The molecule has 1 amide bonds. The van der Waals surface area contributed by atoms with Gasteiger partial charge in [0.15, 0.2) is 6.04 Å². The van der Waals surface area contributed by atoms with Crippen LogP contribution in [-0.4, -0.2) is 27.0 Å². The van der Waals surface area contributed by atoms with Crippen molar-refractivity contribution in [1.82, 2.24) is 20.3 Å². The molecular formula is C15H13F3N4O2. The highest BCUT2D eigenvalue weighted by Crippen LogP contribution is 2.37.